The molecule has 0 spiro atoms. The second-order valence-electron chi connectivity index (χ2n) is 5.96. The van der Waals surface area contributed by atoms with Crippen molar-refractivity contribution in [1.29, 1.82) is 0 Å². The summed E-state index contributed by atoms with van der Waals surface area (Å²) in [5.41, 5.74) is 1.36. The fourth-order valence-corrected chi connectivity index (χ4v) is 2.97. The number of hydrogen-bond donors (Lipinski definition) is 4. The molecule has 24 heavy (non-hydrogen) atoms. The highest BCUT2D eigenvalue weighted by molar-refractivity contribution is 5.88. The maximum atomic E-state index is 13.4. The molecule has 0 saturated carbocycles. The van der Waals surface area contributed by atoms with Gasteiger partial charge in [-0.15, -0.1) is 0 Å². The molecule has 7 heteroatoms. The first-order chi connectivity index (χ1) is 11.8. The minimum atomic E-state index is -0.299. The largest absolute Gasteiger partial charge is 0.365 e. The van der Waals surface area contributed by atoms with Gasteiger partial charge in [0, 0.05) is 24.5 Å². The average molecular weight is 326 g/mol. The third kappa shape index (κ3) is 3.16. The van der Waals surface area contributed by atoms with Crippen LogP contribution in [0.25, 0.3) is 11.0 Å². The maximum absolute atomic E-state index is 13.4. The predicted octanol–water partition coefficient (Wildman–Crippen LogP) is 3.00. The number of halogens is 1. The fraction of sp³-hybridized carbons (Fsp3) is 0.294. The Kier molecular flexibility index (Phi) is 4.00. The summed E-state index contributed by atoms with van der Waals surface area (Å²) in [6, 6.07) is 8.55. The Morgan fingerprint density at radius 3 is 3.00 bits per heavy atom. The number of aromatic nitrogens is 3. The Bertz CT molecular complexity index is 840. The molecule has 1 saturated heterocycles. The van der Waals surface area contributed by atoms with Gasteiger partial charge in [0.1, 0.15) is 17.3 Å². The lowest BCUT2D eigenvalue weighted by atomic mass is 10.1. The van der Waals surface area contributed by atoms with Crippen molar-refractivity contribution < 1.29 is 4.39 Å². The summed E-state index contributed by atoms with van der Waals surface area (Å²) in [6.07, 6.45) is 4.10. The molecular weight excluding hydrogens is 307 g/mol. The average Bonchev–Trinajstić information content (AvgIpc) is 3.05. The van der Waals surface area contributed by atoms with Gasteiger partial charge in [-0.05, 0) is 43.7 Å². The van der Waals surface area contributed by atoms with E-state index in [0.29, 0.717) is 17.7 Å². The number of H-pyrrole nitrogens is 1. The van der Waals surface area contributed by atoms with E-state index in [0.717, 1.165) is 42.8 Å². The van der Waals surface area contributed by atoms with E-state index in [1.54, 1.807) is 12.1 Å². The maximum Gasteiger partial charge on any atom is 0.231 e. The van der Waals surface area contributed by atoms with Crippen molar-refractivity contribution in [1.82, 2.24) is 20.3 Å². The van der Waals surface area contributed by atoms with Crippen LogP contribution in [0.3, 0.4) is 0 Å². The SMILES string of the molecule is Fc1cccc(Nc2nc(N[C@H]3CCCNC3)c3cc[nH]c3n2)c1. The molecule has 0 unspecified atom stereocenters. The first-order valence-electron chi connectivity index (χ1n) is 8.13. The standard InChI is InChI=1S/C17H19FN6/c18-11-3-1-4-12(9-11)22-17-23-15-14(6-8-20-15)16(24-17)21-13-5-2-7-19-10-13/h1,3-4,6,8-9,13,19H,2,5,7,10H2,(H3,20,21,22,23,24)/t13-/m0/s1. The molecule has 1 aromatic carbocycles. The molecule has 0 aliphatic carbocycles. The van der Waals surface area contributed by atoms with Crippen molar-refractivity contribution in [2.24, 2.45) is 0 Å². The van der Waals surface area contributed by atoms with Crippen molar-refractivity contribution in [3.05, 3.63) is 42.3 Å². The second kappa shape index (κ2) is 6.45. The quantitative estimate of drug-likeness (QED) is 0.593. The third-order valence-electron chi connectivity index (χ3n) is 4.13. The van der Waals surface area contributed by atoms with E-state index in [1.807, 2.05) is 12.3 Å². The molecule has 1 aliphatic rings. The van der Waals surface area contributed by atoms with Gasteiger partial charge in [-0.25, -0.2) is 4.39 Å². The van der Waals surface area contributed by atoms with Gasteiger partial charge < -0.3 is 20.9 Å². The highest BCUT2D eigenvalue weighted by atomic mass is 19.1. The number of piperidine rings is 1. The molecule has 124 valence electrons. The van der Waals surface area contributed by atoms with Crippen molar-refractivity contribution >= 4 is 28.5 Å². The number of fused-ring (bicyclic) bond motifs is 1. The van der Waals surface area contributed by atoms with E-state index in [-0.39, 0.29) is 5.82 Å². The normalized spacial score (nSPS) is 17.8. The van der Waals surface area contributed by atoms with Gasteiger partial charge in [0.2, 0.25) is 5.95 Å². The zero-order chi connectivity index (χ0) is 16.4. The Morgan fingerprint density at radius 2 is 2.17 bits per heavy atom. The molecule has 0 bridgehead atoms. The molecule has 1 aliphatic heterocycles. The fourth-order valence-electron chi connectivity index (χ4n) is 2.97. The van der Waals surface area contributed by atoms with E-state index in [2.05, 4.69) is 30.9 Å². The zero-order valence-corrected chi connectivity index (χ0v) is 13.1. The molecule has 0 radical (unpaired) electrons. The lowest BCUT2D eigenvalue weighted by molar-refractivity contribution is 0.479. The van der Waals surface area contributed by atoms with E-state index in [1.165, 1.54) is 12.1 Å². The Balaban J connectivity index is 1.64. The summed E-state index contributed by atoms with van der Waals surface area (Å²) in [4.78, 5) is 12.2. The topological polar surface area (TPSA) is 77.7 Å². The van der Waals surface area contributed by atoms with Gasteiger partial charge >= 0.3 is 0 Å². The molecular formula is C17H19FN6. The first-order valence-corrected chi connectivity index (χ1v) is 8.13. The summed E-state index contributed by atoms with van der Waals surface area (Å²) in [5.74, 6) is 0.920. The van der Waals surface area contributed by atoms with Gasteiger partial charge in [-0.3, -0.25) is 0 Å². The molecule has 3 heterocycles. The highest BCUT2D eigenvalue weighted by Gasteiger charge is 2.16. The van der Waals surface area contributed by atoms with E-state index in [9.17, 15) is 4.39 Å². The van der Waals surface area contributed by atoms with Gasteiger partial charge in [0.25, 0.3) is 0 Å². The van der Waals surface area contributed by atoms with Crippen LogP contribution >= 0.6 is 0 Å². The number of nitrogens with zero attached hydrogens (tertiary/aromatic N) is 2. The molecule has 1 atom stereocenters. The van der Waals surface area contributed by atoms with Crippen molar-refractivity contribution in [3.63, 3.8) is 0 Å². The predicted molar refractivity (Wildman–Crippen MR) is 93.1 cm³/mol. The summed E-state index contributed by atoms with van der Waals surface area (Å²) in [7, 11) is 0. The number of benzene rings is 1. The summed E-state index contributed by atoms with van der Waals surface area (Å²) >= 11 is 0. The van der Waals surface area contributed by atoms with E-state index < -0.39 is 0 Å². The Labute approximate surface area is 138 Å². The van der Waals surface area contributed by atoms with Gasteiger partial charge in [0.05, 0.1) is 5.39 Å². The highest BCUT2D eigenvalue weighted by Crippen LogP contribution is 2.24. The third-order valence-corrected chi connectivity index (χ3v) is 4.13. The number of rotatable bonds is 4. The smallest absolute Gasteiger partial charge is 0.231 e. The van der Waals surface area contributed by atoms with Gasteiger partial charge in [-0.1, -0.05) is 6.07 Å². The zero-order valence-electron chi connectivity index (χ0n) is 13.1. The molecule has 2 aromatic heterocycles. The molecule has 3 aromatic rings. The van der Waals surface area contributed by atoms with Crippen LogP contribution < -0.4 is 16.0 Å². The van der Waals surface area contributed by atoms with E-state index in [4.69, 9.17) is 0 Å². The Hall–Kier alpha value is -2.67. The monoisotopic (exact) mass is 326 g/mol. The van der Waals surface area contributed by atoms with Crippen LogP contribution in [0.4, 0.5) is 21.8 Å². The van der Waals surface area contributed by atoms with E-state index >= 15 is 0 Å². The minimum absolute atomic E-state index is 0.299. The van der Waals surface area contributed by atoms with Crippen molar-refractivity contribution in [2.45, 2.75) is 18.9 Å². The van der Waals surface area contributed by atoms with Crippen LogP contribution in [0, 0.1) is 5.82 Å². The van der Waals surface area contributed by atoms with Gasteiger partial charge in [-0.2, -0.15) is 9.97 Å². The number of anilines is 3. The molecule has 1 fully saturated rings. The molecule has 4 rings (SSSR count). The second-order valence-corrected chi connectivity index (χ2v) is 5.96. The van der Waals surface area contributed by atoms with Crippen LogP contribution in [0.5, 0.6) is 0 Å². The molecule has 0 amide bonds. The summed E-state index contributed by atoms with van der Waals surface area (Å²) in [5, 5.41) is 10.9. The van der Waals surface area contributed by atoms with Crippen LogP contribution in [-0.2, 0) is 0 Å². The number of hydrogen-bond acceptors (Lipinski definition) is 5. The van der Waals surface area contributed by atoms with Crippen LogP contribution in [-0.4, -0.2) is 34.1 Å². The molecule has 6 nitrogen and oxygen atoms in total. The number of aromatic amines is 1. The number of nitrogens with one attached hydrogen (secondary N) is 4. The van der Waals surface area contributed by atoms with Crippen molar-refractivity contribution in [2.75, 3.05) is 23.7 Å². The summed E-state index contributed by atoms with van der Waals surface area (Å²) < 4.78 is 13.4. The van der Waals surface area contributed by atoms with Crippen LogP contribution in [0.1, 0.15) is 12.8 Å². The minimum Gasteiger partial charge on any atom is -0.365 e. The van der Waals surface area contributed by atoms with Crippen LogP contribution in [0.2, 0.25) is 0 Å². The lowest BCUT2D eigenvalue weighted by Crippen LogP contribution is -2.38. The lowest BCUT2D eigenvalue weighted by Gasteiger charge is -2.24. The van der Waals surface area contributed by atoms with Gasteiger partial charge in [0.15, 0.2) is 0 Å². The first kappa shape index (κ1) is 14.9. The van der Waals surface area contributed by atoms with Crippen molar-refractivity contribution in [3.8, 4) is 0 Å². The summed E-state index contributed by atoms with van der Waals surface area (Å²) in [6.45, 7) is 1.98. The Morgan fingerprint density at radius 1 is 1.21 bits per heavy atom. The molecule has 4 N–H and O–H groups in total. The van der Waals surface area contributed by atoms with Crippen LogP contribution in [0.15, 0.2) is 36.5 Å².